The van der Waals surface area contributed by atoms with Crippen molar-refractivity contribution < 1.29 is 143 Å². The molecule has 0 atom stereocenters. The lowest BCUT2D eigenvalue weighted by atomic mass is 9.92. The fourth-order valence-electron chi connectivity index (χ4n) is 8.10. The van der Waals surface area contributed by atoms with Crippen LogP contribution in [0.4, 0.5) is 28.8 Å². The van der Waals surface area contributed by atoms with Crippen molar-refractivity contribution in [2.75, 3.05) is 140 Å². The van der Waals surface area contributed by atoms with Gasteiger partial charge in [-0.2, -0.15) is 0 Å². The van der Waals surface area contributed by atoms with E-state index < -0.39 is 87.3 Å². The van der Waals surface area contributed by atoms with E-state index in [-0.39, 0.29) is 110 Å². The number of hydrogen-bond donors (Lipinski definition) is 0. The van der Waals surface area contributed by atoms with Gasteiger partial charge in [-0.1, -0.05) is 101 Å². The highest BCUT2D eigenvalue weighted by Gasteiger charge is 2.46. The number of unbranched alkanes of at least 4 members (excludes halogenated alkanes) is 8. The Morgan fingerprint density at radius 3 is 0.794 bits per heavy atom. The van der Waals surface area contributed by atoms with Crippen molar-refractivity contribution in [3.8, 4) is 0 Å². The molecule has 0 spiro atoms. The van der Waals surface area contributed by atoms with Crippen LogP contribution in [0.5, 0.6) is 0 Å². The largest absolute Gasteiger partial charge is 0.508 e. The van der Waals surface area contributed by atoms with Gasteiger partial charge in [-0.15, -0.1) is 46.4 Å². The van der Waals surface area contributed by atoms with Crippen LogP contribution < -0.4 is 0 Å². The van der Waals surface area contributed by atoms with Gasteiger partial charge in [0.15, 0.2) is 0 Å². The summed E-state index contributed by atoms with van der Waals surface area (Å²) in [4.78, 5) is 134. The summed E-state index contributed by atoms with van der Waals surface area (Å²) in [5.41, 5.74) is -3.49. The second kappa shape index (κ2) is 49.7. The van der Waals surface area contributed by atoms with Gasteiger partial charge in [-0.05, 0) is 91.2 Å². The lowest BCUT2D eigenvalue weighted by molar-refractivity contribution is -0.168. The van der Waals surface area contributed by atoms with Crippen LogP contribution in [-0.2, 0) is 127 Å². The topological polar surface area (TPSA) is 371 Å². The number of halogens is 6. The minimum absolute atomic E-state index is 0.00839. The molecule has 30 nitrogen and oxygen atoms in total. The molecule has 6 saturated heterocycles. The molecule has 1 aromatic rings. The first-order valence-corrected chi connectivity index (χ1v) is 37.5. The van der Waals surface area contributed by atoms with Gasteiger partial charge in [-0.25, -0.2) is 28.8 Å². The van der Waals surface area contributed by atoms with E-state index in [0.29, 0.717) is 50.5 Å². The maximum atomic E-state index is 12.0. The van der Waals surface area contributed by atoms with Crippen LogP contribution in [0.25, 0.3) is 0 Å². The van der Waals surface area contributed by atoms with Crippen LogP contribution in [0.15, 0.2) is 24.3 Å². The monoisotopic (exact) mass is 1710 g/mol. The molecule has 0 amide bonds. The van der Waals surface area contributed by atoms with E-state index in [0.717, 1.165) is 91.0 Å². The molecule has 0 unspecified atom stereocenters. The van der Waals surface area contributed by atoms with Crippen molar-refractivity contribution in [2.45, 2.75) is 131 Å². The number of ether oxygens (including phenoxy) is 18. The van der Waals surface area contributed by atoms with Gasteiger partial charge in [0.05, 0.1) is 26.4 Å². The average molecular weight is 1720 g/mol. The summed E-state index contributed by atoms with van der Waals surface area (Å²) in [5.74, 6) is -0.136. The third-order valence-corrected chi connectivity index (χ3v) is 17.1. The maximum absolute atomic E-state index is 12.0. The molecule has 0 aliphatic carbocycles. The molecule has 0 bridgehead atoms. The van der Waals surface area contributed by atoms with E-state index in [2.05, 4.69) is 66.9 Å². The summed E-state index contributed by atoms with van der Waals surface area (Å²) < 4.78 is 87.4. The Hall–Kier alpha value is -5.97. The van der Waals surface area contributed by atoms with E-state index in [9.17, 15) is 57.5 Å². The van der Waals surface area contributed by atoms with Crippen LogP contribution in [-0.4, -0.2) is 212 Å². The van der Waals surface area contributed by atoms with Crippen LogP contribution in [0.1, 0.15) is 130 Å². The summed E-state index contributed by atoms with van der Waals surface area (Å²) in [6.45, 7) is 11.9. The number of carbonyl (C=O) groups excluding carboxylic acids is 12. The van der Waals surface area contributed by atoms with Crippen LogP contribution in [0.2, 0.25) is 0 Å². The standard InChI is InChI=1S/C14H15ClO5.C14H23ClO5.C12H19ClO5.C9H13BrO5.C9H13ClO5.C8H11IO5/c1-14(8-19-13(17)20-9-14)12(16)18-7-11-4-2-10(6-15)3-5-11;1-14(10-19-13(17)20-11-14)12(16)18-9-7-5-3-2-4-6-8-15;1-12(8-17-11(15)18-9-12)10(14)16-7-5-3-2-4-6-13;2*1-9(5-14-8(12)15-6-9)7(11)13-4-2-3-10;1-8(6(10)12-3-2-9)4-13-7(11)14-5-8/h2-5H,6-9H2,1H3;2-11H2,1H3;2-9H2,1H3;2*2-6H2,1H3;2-5H2,1H3. The number of cyclic esters (lactones) is 12. The first-order valence-electron chi connectivity index (χ1n) is 32.7. The number of hydrogen-bond acceptors (Lipinski definition) is 30. The van der Waals surface area contributed by atoms with Crippen molar-refractivity contribution in [1.82, 2.24) is 0 Å². The van der Waals surface area contributed by atoms with E-state index in [4.69, 9.17) is 103 Å². The Balaban J connectivity index is 0.000000418. The van der Waals surface area contributed by atoms with Crippen molar-refractivity contribution >= 4 is 158 Å². The Morgan fingerprint density at radius 1 is 0.333 bits per heavy atom. The number of benzene rings is 1. The van der Waals surface area contributed by atoms with Gasteiger partial charge in [0.2, 0.25) is 0 Å². The SMILES string of the molecule is CC1(C(=O)OCCCBr)COC(=O)OC1.CC1(C(=O)OCCCCCCCCCl)COC(=O)OC1.CC1(C(=O)OCCCCCCCl)COC(=O)OC1.CC1(C(=O)OCCCCl)COC(=O)OC1.CC1(C(=O)OCCI)COC(=O)OC1.CC1(C(=O)OCc2ccc(CCl)cc2)COC(=O)OC1. The van der Waals surface area contributed by atoms with E-state index in [1.54, 1.807) is 41.5 Å². The van der Waals surface area contributed by atoms with E-state index in [1.807, 2.05) is 24.3 Å². The Morgan fingerprint density at radius 2 is 0.549 bits per heavy atom. The molecule has 102 heavy (non-hydrogen) atoms. The summed E-state index contributed by atoms with van der Waals surface area (Å²) in [6.07, 6.45) is 7.16. The number of carbonyl (C=O) groups is 12. The lowest BCUT2D eigenvalue weighted by Gasteiger charge is -2.29. The van der Waals surface area contributed by atoms with Gasteiger partial charge in [0.1, 0.15) is 125 Å². The van der Waals surface area contributed by atoms with Gasteiger partial charge in [0, 0.05) is 33.3 Å². The predicted molar refractivity (Wildman–Crippen MR) is 373 cm³/mol. The van der Waals surface area contributed by atoms with Gasteiger partial charge < -0.3 is 85.3 Å². The summed E-state index contributed by atoms with van der Waals surface area (Å²) >= 11 is 27.6. The maximum Gasteiger partial charge on any atom is 0.508 e. The first-order chi connectivity index (χ1) is 48.4. The highest BCUT2D eigenvalue weighted by atomic mass is 127. The molecule has 0 N–H and O–H groups in total. The molecular weight excluding hydrogens is 1620 g/mol. The molecule has 6 aliphatic heterocycles. The molecule has 0 radical (unpaired) electrons. The molecule has 0 saturated carbocycles. The minimum Gasteiger partial charge on any atom is -0.465 e. The normalized spacial score (nSPS) is 18.1. The number of rotatable bonds is 31. The average Bonchev–Trinajstić information content (AvgIpc) is 0.876. The minimum atomic E-state index is -0.954. The number of alkyl halides is 6. The first kappa shape index (κ1) is 92.1. The lowest BCUT2D eigenvalue weighted by Crippen LogP contribution is -2.44. The molecule has 6 aliphatic rings. The van der Waals surface area contributed by atoms with E-state index >= 15 is 0 Å². The molecule has 0 aromatic heterocycles. The van der Waals surface area contributed by atoms with Crippen molar-refractivity contribution in [2.24, 2.45) is 32.5 Å². The summed E-state index contributed by atoms with van der Waals surface area (Å²) in [5, 5.41) is 0.780. The van der Waals surface area contributed by atoms with E-state index in [1.165, 1.54) is 6.42 Å². The third kappa shape index (κ3) is 35.7. The summed E-state index contributed by atoms with van der Waals surface area (Å²) in [6, 6.07) is 7.46. The van der Waals surface area contributed by atoms with Gasteiger partial charge >= 0.3 is 72.7 Å². The fraction of sp³-hybridized carbons (Fsp3) is 0.727. The van der Waals surface area contributed by atoms with Gasteiger partial charge in [0.25, 0.3) is 0 Å². The molecule has 6 fully saturated rings. The van der Waals surface area contributed by atoms with Crippen molar-refractivity contribution in [3.05, 3.63) is 35.4 Å². The predicted octanol–water partition coefficient (Wildman–Crippen LogP) is 12.4. The van der Waals surface area contributed by atoms with Gasteiger partial charge in [-0.3, -0.25) is 28.8 Å². The zero-order valence-electron chi connectivity index (χ0n) is 58.3. The quantitative estimate of drug-likeness (QED) is 0.0219. The smallest absolute Gasteiger partial charge is 0.465 e. The zero-order valence-corrected chi connectivity index (χ0v) is 65.0. The van der Waals surface area contributed by atoms with Crippen LogP contribution >= 0.6 is 84.9 Å². The molecular formula is C66H94BrCl4IO30. The Bertz CT molecular complexity index is 2690. The molecule has 36 heteroatoms. The van der Waals surface area contributed by atoms with Crippen molar-refractivity contribution in [1.29, 1.82) is 0 Å². The zero-order chi connectivity index (χ0) is 76.1. The highest BCUT2D eigenvalue weighted by molar-refractivity contribution is 14.1. The third-order valence-electron chi connectivity index (χ3n) is 15.0. The molecule has 6 heterocycles. The Kier molecular flexibility index (Phi) is 44.9. The van der Waals surface area contributed by atoms with Crippen LogP contribution in [0.3, 0.4) is 0 Å². The van der Waals surface area contributed by atoms with Crippen molar-refractivity contribution in [3.63, 3.8) is 0 Å². The second-order valence-electron chi connectivity index (χ2n) is 25.2. The molecule has 7 rings (SSSR count). The fourth-order valence-corrected chi connectivity index (χ4v) is 9.21. The highest BCUT2D eigenvalue weighted by Crippen LogP contribution is 2.30. The molecule has 580 valence electrons. The Labute approximate surface area is 635 Å². The number of esters is 6. The van der Waals surface area contributed by atoms with Crippen LogP contribution in [0, 0.1) is 32.5 Å². The molecule has 1 aromatic carbocycles. The second-order valence-corrected chi connectivity index (χ2v) is 28.5. The summed E-state index contributed by atoms with van der Waals surface area (Å²) in [7, 11) is 0.